The first-order chi connectivity index (χ1) is 7.38. The average molecular weight is 269 g/mol. The summed E-state index contributed by atoms with van der Waals surface area (Å²) in [5, 5.41) is 8.25. The summed E-state index contributed by atoms with van der Waals surface area (Å²) in [4.78, 5) is 13.5. The molecule has 1 unspecified atom stereocenters. The maximum absolute atomic E-state index is 11.7. The molecule has 0 bridgehead atoms. The number of amides is 1. The van der Waals surface area contributed by atoms with Crippen molar-refractivity contribution in [3.05, 3.63) is 0 Å². The summed E-state index contributed by atoms with van der Waals surface area (Å²) in [6, 6.07) is 0. The van der Waals surface area contributed by atoms with Crippen molar-refractivity contribution < 1.29 is 66.0 Å². The van der Waals surface area contributed by atoms with Gasteiger partial charge in [-0.2, -0.15) is 7.11 Å². The van der Waals surface area contributed by atoms with Crippen LogP contribution in [0.4, 0.5) is 4.79 Å². The van der Waals surface area contributed by atoms with Crippen molar-refractivity contribution in [1.82, 2.24) is 4.90 Å². The standard InChI is InChI=1S/C11H21NO2.CH3O.K/c1-9-6-5-7-12(8-9)10(13)14-11(2,3)4;1-2;/h9H,5-8H2,1-4H3;1H3;/q;-1;+1. The van der Waals surface area contributed by atoms with Gasteiger partial charge in [0.2, 0.25) is 0 Å². The third kappa shape index (κ3) is 9.44. The number of ether oxygens (including phenoxy) is 1. The van der Waals surface area contributed by atoms with Gasteiger partial charge in [-0.15, -0.1) is 0 Å². The Morgan fingerprint density at radius 1 is 1.35 bits per heavy atom. The van der Waals surface area contributed by atoms with Gasteiger partial charge in [0.15, 0.2) is 0 Å². The van der Waals surface area contributed by atoms with Gasteiger partial charge in [0.05, 0.1) is 0 Å². The van der Waals surface area contributed by atoms with E-state index in [4.69, 9.17) is 9.84 Å². The van der Waals surface area contributed by atoms with Crippen LogP contribution in [0.2, 0.25) is 0 Å². The third-order valence-electron chi connectivity index (χ3n) is 2.31. The Morgan fingerprint density at radius 3 is 2.29 bits per heavy atom. The molecule has 17 heavy (non-hydrogen) atoms. The molecule has 4 nitrogen and oxygen atoms in total. The van der Waals surface area contributed by atoms with Gasteiger partial charge in [-0.1, -0.05) is 6.92 Å². The van der Waals surface area contributed by atoms with Gasteiger partial charge < -0.3 is 14.7 Å². The van der Waals surface area contributed by atoms with Crippen molar-refractivity contribution in [2.24, 2.45) is 5.92 Å². The van der Waals surface area contributed by atoms with Crippen LogP contribution in [0.25, 0.3) is 0 Å². The second kappa shape index (κ2) is 9.75. The maximum Gasteiger partial charge on any atom is 1.00 e. The largest absolute Gasteiger partial charge is 1.00 e. The van der Waals surface area contributed by atoms with Gasteiger partial charge >= 0.3 is 57.5 Å². The van der Waals surface area contributed by atoms with Crippen LogP contribution in [0, 0.1) is 5.92 Å². The first-order valence-corrected chi connectivity index (χ1v) is 5.77. The summed E-state index contributed by atoms with van der Waals surface area (Å²) in [7, 11) is 0.750. The predicted octanol–water partition coefficient (Wildman–Crippen LogP) is -1.37. The van der Waals surface area contributed by atoms with Crippen LogP contribution in [0.5, 0.6) is 0 Å². The second-order valence-corrected chi connectivity index (χ2v) is 5.17. The molecule has 0 spiro atoms. The molecule has 0 aromatic carbocycles. The number of carbonyl (C=O) groups excluding carboxylic acids is 1. The average Bonchev–Trinajstić information content (AvgIpc) is 2.18. The molecule has 1 aliphatic heterocycles. The quantitative estimate of drug-likeness (QED) is 0.510. The zero-order valence-electron chi connectivity index (χ0n) is 12.1. The van der Waals surface area contributed by atoms with E-state index in [-0.39, 0.29) is 63.1 Å². The van der Waals surface area contributed by atoms with E-state index < -0.39 is 0 Å². The number of likely N-dealkylation sites (tertiary alicyclic amines) is 1. The van der Waals surface area contributed by atoms with Gasteiger partial charge in [0.1, 0.15) is 5.60 Å². The van der Waals surface area contributed by atoms with Crippen molar-refractivity contribution in [2.75, 3.05) is 20.2 Å². The van der Waals surface area contributed by atoms with Crippen LogP contribution in [0.15, 0.2) is 0 Å². The van der Waals surface area contributed by atoms with E-state index >= 15 is 0 Å². The zero-order chi connectivity index (χ0) is 12.8. The van der Waals surface area contributed by atoms with Crippen LogP contribution in [0.1, 0.15) is 40.5 Å². The van der Waals surface area contributed by atoms with Crippen LogP contribution in [-0.4, -0.2) is 36.8 Å². The van der Waals surface area contributed by atoms with E-state index in [0.29, 0.717) is 5.92 Å². The Labute approximate surface area is 148 Å². The first kappa shape index (κ1) is 20.2. The molecule has 1 fully saturated rings. The van der Waals surface area contributed by atoms with Gasteiger partial charge in [-0.3, -0.25) is 0 Å². The normalized spacial score (nSPS) is 19.6. The molecule has 1 aliphatic rings. The third-order valence-corrected chi connectivity index (χ3v) is 2.31. The Morgan fingerprint density at radius 2 is 1.88 bits per heavy atom. The fraction of sp³-hybridized carbons (Fsp3) is 0.917. The summed E-state index contributed by atoms with van der Waals surface area (Å²) >= 11 is 0. The Balaban J connectivity index is 0. The van der Waals surface area contributed by atoms with Gasteiger partial charge in [0.25, 0.3) is 0 Å². The fourth-order valence-corrected chi connectivity index (χ4v) is 1.68. The molecule has 0 radical (unpaired) electrons. The smallest absolute Gasteiger partial charge is 0.857 e. The second-order valence-electron chi connectivity index (χ2n) is 5.17. The van der Waals surface area contributed by atoms with Crippen molar-refractivity contribution in [3.8, 4) is 0 Å². The molecule has 1 atom stereocenters. The van der Waals surface area contributed by atoms with Crippen LogP contribution >= 0.6 is 0 Å². The van der Waals surface area contributed by atoms with Crippen molar-refractivity contribution in [3.63, 3.8) is 0 Å². The van der Waals surface area contributed by atoms with Gasteiger partial charge in [0, 0.05) is 13.1 Å². The molecule has 1 saturated heterocycles. The van der Waals surface area contributed by atoms with Crippen LogP contribution in [-0.2, 0) is 4.74 Å². The van der Waals surface area contributed by atoms with Crippen molar-refractivity contribution >= 4 is 6.09 Å². The minimum absolute atomic E-state index is 0. The summed E-state index contributed by atoms with van der Waals surface area (Å²) in [5.41, 5.74) is -0.377. The topological polar surface area (TPSA) is 52.6 Å². The number of hydrogen-bond donors (Lipinski definition) is 0. The van der Waals surface area contributed by atoms with Crippen molar-refractivity contribution in [1.29, 1.82) is 0 Å². The molecule has 1 rings (SSSR count). The Kier molecular flexibility index (Phi) is 11.6. The number of nitrogens with zero attached hydrogens (tertiary/aromatic N) is 1. The summed E-state index contributed by atoms with van der Waals surface area (Å²) in [6.45, 7) is 9.57. The van der Waals surface area contributed by atoms with E-state index in [9.17, 15) is 4.79 Å². The summed E-state index contributed by atoms with van der Waals surface area (Å²) in [5.74, 6) is 0.608. The molecule has 1 amide bonds. The molecule has 0 aliphatic carbocycles. The van der Waals surface area contributed by atoms with E-state index in [1.165, 1.54) is 6.42 Å². The molecule has 0 aromatic heterocycles. The molecule has 5 heteroatoms. The molecular formula is C12H24KNO3. The first-order valence-electron chi connectivity index (χ1n) is 5.77. The van der Waals surface area contributed by atoms with Crippen LogP contribution < -0.4 is 56.5 Å². The number of piperidine rings is 1. The van der Waals surface area contributed by atoms with Gasteiger partial charge in [-0.25, -0.2) is 4.79 Å². The SMILES string of the molecule is CC1CCCN(C(=O)OC(C)(C)C)C1.C[O-].[K+]. The minimum atomic E-state index is -0.377. The zero-order valence-corrected chi connectivity index (χ0v) is 15.2. The fourth-order valence-electron chi connectivity index (χ4n) is 1.68. The number of hydrogen-bond acceptors (Lipinski definition) is 3. The monoisotopic (exact) mass is 269 g/mol. The Bertz CT molecular complexity index is 216. The predicted molar refractivity (Wildman–Crippen MR) is 62.1 cm³/mol. The molecule has 1 heterocycles. The number of carbonyl (C=O) groups is 1. The molecular weight excluding hydrogens is 245 g/mol. The molecule has 96 valence electrons. The summed E-state index contributed by atoms with van der Waals surface area (Å²) < 4.78 is 5.31. The maximum atomic E-state index is 11.7. The molecule has 0 aromatic rings. The summed E-state index contributed by atoms with van der Waals surface area (Å²) in [6.07, 6.45) is 2.16. The minimum Gasteiger partial charge on any atom is -0.857 e. The van der Waals surface area contributed by atoms with Crippen LogP contribution in [0.3, 0.4) is 0 Å². The molecule has 0 saturated carbocycles. The van der Waals surface area contributed by atoms with E-state index in [1.807, 2.05) is 25.7 Å². The van der Waals surface area contributed by atoms with Crippen molar-refractivity contribution in [2.45, 2.75) is 46.1 Å². The van der Waals surface area contributed by atoms with Gasteiger partial charge in [-0.05, 0) is 39.5 Å². The Hall–Kier alpha value is 0.866. The number of rotatable bonds is 0. The van der Waals surface area contributed by atoms with E-state index in [1.54, 1.807) is 0 Å². The van der Waals surface area contributed by atoms with E-state index in [0.717, 1.165) is 26.6 Å². The molecule has 0 N–H and O–H groups in total. The van der Waals surface area contributed by atoms with E-state index in [2.05, 4.69) is 6.92 Å².